The molecular weight excluding hydrogens is 210 g/mol. The lowest BCUT2D eigenvalue weighted by atomic mass is 10.2. The fraction of sp³-hybridized carbons (Fsp3) is 0.357. The minimum atomic E-state index is 0.695. The lowest BCUT2D eigenvalue weighted by Crippen LogP contribution is -2.18. The Morgan fingerprint density at radius 2 is 2.00 bits per heavy atom. The fourth-order valence-electron chi connectivity index (χ4n) is 1.70. The summed E-state index contributed by atoms with van der Waals surface area (Å²) < 4.78 is 2.01. The van der Waals surface area contributed by atoms with Gasteiger partial charge in [0.2, 0.25) is 0 Å². The van der Waals surface area contributed by atoms with Crippen LogP contribution >= 0.6 is 0 Å². The Hall–Kier alpha value is -1.61. The topological polar surface area (TPSA) is 29.9 Å². The Labute approximate surface area is 103 Å². The van der Waals surface area contributed by atoms with E-state index in [0.29, 0.717) is 5.92 Å². The van der Waals surface area contributed by atoms with Crippen LogP contribution in [0.15, 0.2) is 43.0 Å². The molecule has 0 saturated heterocycles. The SMILES string of the molecule is CC(C)CNCc1ccc(-n2ccnc2)cc1. The molecule has 3 heteroatoms. The third kappa shape index (κ3) is 3.43. The summed E-state index contributed by atoms with van der Waals surface area (Å²) in [5.41, 5.74) is 2.46. The number of benzene rings is 1. The first-order chi connectivity index (χ1) is 8.25. The van der Waals surface area contributed by atoms with Gasteiger partial charge in [0.1, 0.15) is 0 Å². The highest BCUT2D eigenvalue weighted by Crippen LogP contribution is 2.09. The Morgan fingerprint density at radius 3 is 2.59 bits per heavy atom. The third-order valence-corrected chi connectivity index (χ3v) is 2.62. The molecule has 0 saturated carbocycles. The van der Waals surface area contributed by atoms with Gasteiger partial charge in [0.05, 0.1) is 6.33 Å². The molecule has 0 aliphatic heterocycles. The molecule has 2 rings (SSSR count). The van der Waals surface area contributed by atoms with E-state index in [0.717, 1.165) is 18.8 Å². The lowest BCUT2D eigenvalue weighted by molar-refractivity contribution is 0.552. The average molecular weight is 229 g/mol. The van der Waals surface area contributed by atoms with Crippen LogP contribution in [0.4, 0.5) is 0 Å². The van der Waals surface area contributed by atoms with Gasteiger partial charge in [-0.2, -0.15) is 0 Å². The molecule has 2 aromatic rings. The van der Waals surface area contributed by atoms with Crippen molar-refractivity contribution < 1.29 is 0 Å². The zero-order valence-corrected chi connectivity index (χ0v) is 10.4. The molecule has 0 fully saturated rings. The molecule has 0 aliphatic rings. The molecule has 0 atom stereocenters. The number of hydrogen-bond donors (Lipinski definition) is 1. The van der Waals surface area contributed by atoms with E-state index >= 15 is 0 Å². The summed E-state index contributed by atoms with van der Waals surface area (Å²) in [6.07, 6.45) is 5.55. The highest BCUT2D eigenvalue weighted by atomic mass is 15.0. The Bertz CT molecular complexity index is 429. The van der Waals surface area contributed by atoms with E-state index in [4.69, 9.17) is 0 Å². The average Bonchev–Trinajstić information content (AvgIpc) is 2.83. The largest absolute Gasteiger partial charge is 0.312 e. The van der Waals surface area contributed by atoms with Crippen LogP contribution in [0, 0.1) is 5.92 Å². The molecule has 1 heterocycles. The monoisotopic (exact) mass is 229 g/mol. The van der Waals surface area contributed by atoms with Gasteiger partial charge in [0.25, 0.3) is 0 Å². The van der Waals surface area contributed by atoms with Gasteiger partial charge in [0, 0.05) is 24.6 Å². The number of nitrogens with one attached hydrogen (secondary N) is 1. The van der Waals surface area contributed by atoms with Gasteiger partial charge in [-0.15, -0.1) is 0 Å². The number of hydrogen-bond acceptors (Lipinski definition) is 2. The third-order valence-electron chi connectivity index (χ3n) is 2.62. The van der Waals surface area contributed by atoms with Gasteiger partial charge in [-0.25, -0.2) is 4.98 Å². The van der Waals surface area contributed by atoms with E-state index < -0.39 is 0 Å². The van der Waals surface area contributed by atoms with Gasteiger partial charge in [-0.3, -0.25) is 0 Å². The molecule has 1 N–H and O–H groups in total. The van der Waals surface area contributed by atoms with E-state index in [9.17, 15) is 0 Å². The van der Waals surface area contributed by atoms with E-state index in [1.54, 1.807) is 6.20 Å². The van der Waals surface area contributed by atoms with Crippen LogP contribution in [0.25, 0.3) is 5.69 Å². The second-order valence-electron chi connectivity index (χ2n) is 4.66. The molecule has 0 spiro atoms. The fourth-order valence-corrected chi connectivity index (χ4v) is 1.70. The molecule has 1 aromatic heterocycles. The van der Waals surface area contributed by atoms with Crippen LogP contribution in [-0.4, -0.2) is 16.1 Å². The molecule has 0 amide bonds. The van der Waals surface area contributed by atoms with Crippen molar-refractivity contribution in [1.29, 1.82) is 0 Å². The summed E-state index contributed by atoms with van der Waals surface area (Å²) in [6, 6.07) is 8.55. The Kier molecular flexibility index (Phi) is 3.94. The van der Waals surface area contributed by atoms with E-state index in [2.05, 4.69) is 48.4 Å². The van der Waals surface area contributed by atoms with Crippen LogP contribution in [0.3, 0.4) is 0 Å². The summed E-state index contributed by atoms with van der Waals surface area (Å²) in [7, 11) is 0. The van der Waals surface area contributed by atoms with Gasteiger partial charge in [0.15, 0.2) is 0 Å². The zero-order valence-electron chi connectivity index (χ0n) is 10.4. The number of imidazole rings is 1. The van der Waals surface area contributed by atoms with Crippen molar-refractivity contribution in [3.63, 3.8) is 0 Å². The molecule has 0 aliphatic carbocycles. The van der Waals surface area contributed by atoms with Crippen molar-refractivity contribution in [2.24, 2.45) is 5.92 Å². The van der Waals surface area contributed by atoms with Gasteiger partial charge >= 0.3 is 0 Å². The molecule has 0 unspecified atom stereocenters. The maximum absolute atomic E-state index is 4.04. The molecule has 90 valence electrons. The molecular formula is C14H19N3. The van der Waals surface area contributed by atoms with E-state index in [1.807, 2.05) is 17.1 Å². The number of nitrogens with zero attached hydrogens (tertiary/aromatic N) is 2. The summed E-state index contributed by atoms with van der Waals surface area (Å²) in [5.74, 6) is 0.695. The summed E-state index contributed by atoms with van der Waals surface area (Å²) in [4.78, 5) is 4.04. The minimum Gasteiger partial charge on any atom is -0.312 e. The minimum absolute atomic E-state index is 0.695. The number of aromatic nitrogens is 2. The van der Waals surface area contributed by atoms with Crippen molar-refractivity contribution >= 4 is 0 Å². The van der Waals surface area contributed by atoms with Gasteiger partial charge < -0.3 is 9.88 Å². The first kappa shape index (κ1) is 11.9. The molecule has 0 bridgehead atoms. The first-order valence-electron chi connectivity index (χ1n) is 6.03. The van der Waals surface area contributed by atoms with Crippen molar-refractivity contribution in [3.8, 4) is 5.69 Å². The van der Waals surface area contributed by atoms with Gasteiger partial charge in [-0.05, 0) is 30.2 Å². The second-order valence-corrected chi connectivity index (χ2v) is 4.66. The summed E-state index contributed by atoms with van der Waals surface area (Å²) in [6.45, 7) is 6.43. The molecule has 1 aromatic carbocycles. The van der Waals surface area contributed by atoms with Crippen molar-refractivity contribution in [3.05, 3.63) is 48.5 Å². The van der Waals surface area contributed by atoms with Crippen LogP contribution in [-0.2, 0) is 6.54 Å². The smallest absolute Gasteiger partial charge is 0.0991 e. The predicted molar refractivity (Wildman–Crippen MR) is 70.1 cm³/mol. The van der Waals surface area contributed by atoms with Crippen LogP contribution in [0.2, 0.25) is 0 Å². The molecule has 0 radical (unpaired) electrons. The van der Waals surface area contributed by atoms with Gasteiger partial charge in [-0.1, -0.05) is 26.0 Å². The zero-order chi connectivity index (χ0) is 12.1. The van der Waals surface area contributed by atoms with Crippen molar-refractivity contribution in [2.75, 3.05) is 6.54 Å². The maximum atomic E-state index is 4.04. The summed E-state index contributed by atoms with van der Waals surface area (Å²) in [5, 5.41) is 3.44. The van der Waals surface area contributed by atoms with Crippen LogP contribution in [0.5, 0.6) is 0 Å². The van der Waals surface area contributed by atoms with E-state index in [1.165, 1.54) is 5.56 Å². The number of rotatable bonds is 5. The van der Waals surface area contributed by atoms with Crippen molar-refractivity contribution in [1.82, 2.24) is 14.9 Å². The standard InChI is InChI=1S/C14H19N3/c1-12(2)9-16-10-13-3-5-14(6-4-13)17-8-7-15-11-17/h3-8,11-12,16H,9-10H2,1-2H3. The highest BCUT2D eigenvalue weighted by molar-refractivity contribution is 5.34. The quantitative estimate of drug-likeness (QED) is 0.854. The first-order valence-corrected chi connectivity index (χ1v) is 6.03. The Balaban J connectivity index is 1.94. The maximum Gasteiger partial charge on any atom is 0.0991 e. The second kappa shape index (κ2) is 5.64. The predicted octanol–water partition coefficient (Wildman–Crippen LogP) is 2.62. The van der Waals surface area contributed by atoms with Crippen LogP contribution < -0.4 is 5.32 Å². The van der Waals surface area contributed by atoms with Crippen LogP contribution in [0.1, 0.15) is 19.4 Å². The molecule has 3 nitrogen and oxygen atoms in total. The summed E-state index contributed by atoms with van der Waals surface area (Å²) >= 11 is 0. The van der Waals surface area contributed by atoms with E-state index in [-0.39, 0.29) is 0 Å². The highest BCUT2D eigenvalue weighted by Gasteiger charge is 1.97. The van der Waals surface area contributed by atoms with Crippen molar-refractivity contribution in [2.45, 2.75) is 20.4 Å². The Morgan fingerprint density at radius 1 is 1.24 bits per heavy atom. The molecule has 17 heavy (non-hydrogen) atoms. The normalized spacial score (nSPS) is 11.0. The lowest BCUT2D eigenvalue weighted by Gasteiger charge is -2.08.